The Balaban J connectivity index is 2.01. The molecule has 0 spiro atoms. The molecule has 0 aliphatic rings. The molecule has 3 aromatic carbocycles. The number of hydrogen-bond donors (Lipinski definition) is 1. The van der Waals surface area contributed by atoms with E-state index >= 15 is 0 Å². The second-order valence-corrected chi connectivity index (χ2v) is 8.48. The summed E-state index contributed by atoms with van der Waals surface area (Å²) >= 11 is 5.99. The minimum absolute atomic E-state index is 0.245. The van der Waals surface area contributed by atoms with Crippen molar-refractivity contribution >= 4 is 21.6 Å². The Morgan fingerprint density at radius 1 is 0.731 bits per heavy atom. The highest BCUT2D eigenvalue weighted by Gasteiger charge is 2.23. The van der Waals surface area contributed by atoms with Gasteiger partial charge in [0.05, 0.1) is 10.9 Å². The molecular weight excluding hydrogens is 366 g/mol. The number of benzene rings is 3. The van der Waals surface area contributed by atoms with Crippen LogP contribution < -0.4 is 4.72 Å². The van der Waals surface area contributed by atoms with E-state index in [1.54, 1.807) is 36.4 Å². The summed E-state index contributed by atoms with van der Waals surface area (Å²) in [5.74, 6) is 0. The average molecular weight is 386 g/mol. The third-order valence-electron chi connectivity index (χ3n) is 4.22. The Bertz CT molecular complexity index is 934. The fourth-order valence-corrected chi connectivity index (χ4v) is 4.02. The summed E-state index contributed by atoms with van der Waals surface area (Å²) in [5.41, 5.74) is 3.82. The number of rotatable bonds is 5. The number of aryl methyl sites for hydroxylation is 2. The van der Waals surface area contributed by atoms with E-state index in [2.05, 4.69) is 4.72 Å². The van der Waals surface area contributed by atoms with Crippen molar-refractivity contribution in [2.24, 2.45) is 0 Å². The van der Waals surface area contributed by atoms with Crippen molar-refractivity contribution in [3.05, 3.63) is 100 Å². The van der Waals surface area contributed by atoms with Crippen molar-refractivity contribution in [3.8, 4) is 0 Å². The zero-order valence-electron chi connectivity index (χ0n) is 14.6. The first-order chi connectivity index (χ1) is 12.3. The Kier molecular flexibility index (Phi) is 5.47. The molecule has 3 rings (SSSR count). The lowest BCUT2D eigenvalue weighted by Gasteiger charge is -2.20. The lowest BCUT2D eigenvalue weighted by atomic mass is 9.99. The summed E-state index contributed by atoms with van der Waals surface area (Å²) in [6.45, 7) is 3.92. The van der Waals surface area contributed by atoms with E-state index in [4.69, 9.17) is 11.6 Å². The van der Waals surface area contributed by atoms with Crippen LogP contribution in [0.4, 0.5) is 0 Å². The summed E-state index contributed by atoms with van der Waals surface area (Å²) in [5, 5.41) is 0.609. The SMILES string of the molecule is Cc1ccc([C@H](NS(=O)(=O)c2ccc(C)cc2)c2ccc(Cl)cc2)cc1. The maximum atomic E-state index is 12.9. The lowest BCUT2D eigenvalue weighted by molar-refractivity contribution is 0.572. The zero-order chi connectivity index (χ0) is 18.7. The molecule has 5 heteroatoms. The molecular formula is C21H20ClNO2S. The zero-order valence-corrected chi connectivity index (χ0v) is 16.2. The van der Waals surface area contributed by atoms with Gasteiger partial charge in [-0.3, -0.25) is 0 Å². The molecule has 0 heterocycles. The largest absolute Gasteiger partial charge is 0.241 e. The van der Waals surface area contributed by atoms with E-state index in [0.717, 1.165) is 22.3 Å². The highest BCUT2D eigenvalue weighted by atomic mass is 35.5. The predicted molar refractivity (Wildman–Crippen MR) is 106 cm³/mol. The van der Waals surface area contributed by atoms with Gasteiger partial charge in [0.1, 0.15) is 0 Å². The maximum absolute atomic E-state index is 12.9. The fraction of sp³-hybridized carbons (Fsp3) is 0.143. The highest BCUT2D eigenvalue weighted by Crippen LogP contribution is 2.26. The quantitative estimate of drug-likeness (QED) is 0.669. The summed E-state index contributed by atoms with van der Waals surface area (Å²) in [6.07, 6.45) is 0. The van der Waals surface area contributed by atoms with Crippen molar-refractivity contribution in [2.45, 2.75) is 24.8 Å². The standard InChI is InChI=1S/C21H20ClNO2S/c1-15-3-7-17(8-4-15)21(18-9-11-19(22)12-10-18)23-26(24,25)20-13-5-16(2)6-14-20/h3-14,21,23H,1-2H3/t21-/m0/s1. The normalized spacial score (nSPS) is 12.7. The minimum Gasteiger partial charge on any atom is -0.207 e. The van der Waals surface area contributed by atoms with Gasteiger partial charge in [-0.05, 0) is 49.2 Å². The molecule has 0 fully saturated rings. The predicted octanol–water partition coefficient (Wildman–Crippen LogP) is 5.02. The molecule has 3 aromatic rings. The molecule has 1 N–H and O–H groups in total. The van der Waals surface area contributed by atoms with Crippen molar-refractivity contribution in [1.82, 2.24) is 4.72 Å². The van der Waals surface area contributed by atoms with Crippen LogP contribution in [0.3, 0.4) is 0 Å². The van der Waals surface area contributed by atoms with Gasteiger partial charge in [0, 0.05) is 5.02 Å². The molecule has 0 bridgehead atoms. The number of hydrogen-bond acceptors (Lipinski definition) is 2. The van der Waals surface area contributed by atoms with Crippen LogP contribution in [0.2, 0.25) is 5.02 Å². The third-order valence-corrected chi connectivity index (χ3v) is 5.91. The Labute approximate surface area is 159 Å². The molecule has 0 aliphatic heterocycles. The van der Waals surface area contributed by atoms with Gasteiger partial charge >= 0.3 is 0 Å². The van der Waals surface area contributed by atoms with Crippen LogP contribution >= 0.6 is 11.6 Å². The molecule has 26 heavy (non-hydrogen) atoms. The summed E-state index contributed by atoms with van der Waals surface area (Å²) < 4.78 is 28.6. The number of nitrogens with one attached hydrogen (secondary N) is 1. The van der Waals surface area contributed by atoms with Gasteiger partial charge in [-0.2, -0.15) is 4.72 Å². The first-order valence-electron chi connectivity index (χ1n) is 8.26. The molecule has 0 amide bonds. The second kappa shape index (κ2) is 7.62. The molecule has 0 saturated heterocycles. The first-order valence-corrected chi connectivity index (χ1v) is 10.1. The Hall–Kier alpha value is -2.14. The van der Waals surface area contributed by atoms with Crippen LogP contribution in [0.15, 0.2) is 77.7 Å². The molecule has 0 saturated carbocycles. The third kappa shape index (κ3) is 4.33. The maximum Gasteiger partial charge on any atom is 0.241 e. The lowest BCUT2D eigenvalue weighted by Crippen LogP contribution is -2.29. The monoisotopic (exact) mass is 385 g/mol. The van der Waals surface area contributed by atoms with E-state index in [0.29, 0.717) is 5.02 Å². The molecule has 0 unspecified atom stereocenters. The van der Waals surface area contributed by atoms with Crippen molar-refractivity contribution in [1.29, 1.82) is 0 Å². The van der Waals surface area contributed by atoms with E-state index in [1.807, 2.05) is 50.2 Å². The Morgan fingerprint density at radius 2 is 1.15 bits per heavy atom. The minimum atomic E-state index is -3.68. The van der Waals surface area contributed by atoms with E-state index in [-0.39, 0.29) is 4.90 Å². The number of halogens is 1. The van der Waals surface area contributed by atoms with Gasteiger partial charge in [0.2, 0.25) is 10.0 Å². The molecule has 1 atom stereocenters. The van der Waals surface area contributed by atoms with E-state index in [9.17, 15) is 8.42 Å². The van der Waals surface area contributed by atoms with Gasteiger partial charge in [0.15, 0.2) is 0 Å². The molecule has 134 valence electrons. The second-order valence-electron chi connectivity index (χ2n) is 6.33. The summed E-state index contributed by atoms with van der Waals surface area (Å²) in [7, 11) is -3.68. The van der Waals surface area contributed by atoms with E-state index < -0.39 is 16.1 Å². The molecule has 3 nitrogen and oxygen atoms in total. The van der Waals surface area contributed by atoms with Crippen molar-refractivity contribution in [2.75, 3.05) is 0 Å². The van der Waals surface area contributed by atoms with Gasteiger partial charge in [-0.25, -0.2) is 8.42 Å². The molecule has 0 aliphatic carbocycles. The van der Waals surface area contributed by atoms with Crippen molar-refractivity contribution < 1.29 is 8.42 Å². The van der Waals surface area contributed by atoms with Crippen LogP contribution in [0, 0.1) is 13.8 Å². The first kappa shape index (κ1) is 18.6. The number of sulfonamides is 1. The molecule has 0 aromatic heterocycles. The Morgan fingerprint density at radius 3 is 1.65 bits per heavy atom. The highest BCUT2D eigenvalue weighted by molar-refractivity contribution is 7.89. The van der Waals surface area contributed by atoms with Crippen LogP contribution in [0.25, 0.3) is 0 Å². The summed E-state index contributed by atoms with van der Waals surface area (Å²) in [6, 6.07) is 21.3. The van der Waals surface area contributed by atoms with E-state index in [1.165, 1.54) is 0 Å². The van der Waals surface area contributed by atoms with Crippen LogP contribution in [-0.4, -0.2) is 8.42 Å². The van der Waals surface area contributed by atoms with Gasteiger partial charge in [-0.15, -0.1) is 0 Å². The van der Waals surface area contributed by atoms with Crippen molar-refractivity contribution in [3.63, 3.8) is 0 Å². The summed E-state index contributed by atoms with van der Waals surface area (Å²) in [4.78, 5) is 0.245. The van der Waals surface area contributed by atoms with Crippen LogP contribution in [0.1, 0.15) is 28.3 Å². The van der Waals surface area contributed by atoms with Gasteiger partial charge < -0.3 is 0 Å². The smallest absolute Gasteiger partial charge is 0.207 e. The molecule has 0 radical (unpaired) electrons. The van der Waals surface area contributed by atoms with Gasteiger partial charge in [0.25, 0.3) is 0 Å². The van der Waals surface area contributed by atoms with Crippen LogP contribution in [0.5, 0.6) is 0 Å². The van der Waals surface area contributed by atoms with Gasteiger partial charge in [-0.1, -0.05) is 71.3 Å². The fourth-order valence-electron chi connectivity index (χ4n) is 2.68. The topological polar surface area (TPSA) is 46.2 Å². The average Bonchev–Trinajstić information content (AvgIpc) is 2.62. The van der Waals surface area contributed by atoms with Crippen LogP contribution in [-0.2, 0) is 10.0 Å².